The number of rotatable bonds is 7. The molecule has 5 heteroatoms. The highest BCUT2D eigenvalue weighted by atomic mass is 16.5. The number of carbonyl (C=O) groups excluding carboxylic acids is 1. The number of hydrogen-bond donors (Lipinski definition) is 2. The maximum atomic E-state index is 11.6. The number of nitrogens with one attached hydrogen (secondary N) is 1. The van der Waals surface area contributed by atoms with Crippen molar-refractivity contribution >= 4 is 11.9 Å². The first kappa shape index (κ1) is 14.0. The summed E-state index contributed by atoms with van der Waals surface area (Å²) in [4.78, 5) is 22.0. The van der Waals surface area contributed by atoms with Crippen molar-refractivity contribution in [2.75, 3.05) is 6.61 Å². The molecular weight excluding hydrogens is 222 g/mol. The summed E-state index contributed by atoms with van der Waals surface area (Å²) in [5.74, 6) is -0.555. The Balaban J connectivity index is 2.12. The summed E-state index contributed by atoms with van der Waals surface area (Å²) >= 11 is 0. The predicted octanol–water partition coefficient (Wildman–Crippen LogP) is 1.17. The van der Waals surface area contributed by atoms with E-state index in [1.807, 2.05) is 6.92 Å². The lowest BCUT2D eigenvalue weighted by Crippen LogP contribution is -2.39. The first-order chi connectivity index (χ1) is 8.01. The van der Waals surface area contributed by atoms with Gasteiger partial charge in [-0.2, -0.15) is 0 Å². The number of carbonyl (C=O) groups is 2. The lowest BCUT2D eigenvalue weighted by Gasteiger charge is -2.34. The molecule has 17 heavy (non-hydrogen) atoms. The largest absolute Gasteiger partial charge is 0.481 e. The molecule has 0 aliphatic heterocycles. The van der Waals surface area contributed by atoms with Crippen molar-refractivity contribution < 1.29 is 19.4 Å². The summed E-state index contributed by atoms with van der Waals surface area (Å²) in [5.41, 5.74) is 0. The molecule has 0 heterocycles. The summed E-state index contributed by atoms with van der Waals surface area (Å²) in [6, 6.07) is -0.303. The van der Waals surface area contributed by atoms with E-state index >= 15 is 0 Å². The van der Waals surface area contributed by atoms with Crippen LogP contribution in [0.1, 0.15) is 39.5 Å². The molecule has 0 saturated heterocycles. The zero-order chi connectivity index (χ0) is 12.8. The highest BCUT2D eigenvalue weighted by Gasteiger charge is 2.31. The van der Waals surface area contributed by atoms with Gasteiger partial charge in [-0.05, 0) is 32.6 Å². The van der Waals surface area contributed by atoms with Crippen molar-refractivity contribution in [1.29, 1.82) is 0 Å². The van der Waals surface area contributed by atoms with E-state index in [4.69, 9.17) is 9.84 Å². The van der Waals surface area contributed by atoms with Crippen LogP contribution in [-0.2, 0) is 14.3 Å². The van der Waals surface area contributed by atoms with E-state index in [1.54, 1.807) is 6.92 Å². The molecule has 0 aromatic heterocycles. The van der Waals surface area contributed by atoms with Gasteiger partial charge in [0.15, 0.2) is 0 Å². The van der Waals surface area contributed by atoms with Gasteiger partial charge in [0.1, 0.15) is 0 Å². The Morgan fingerprint density at radius 2 is 2.12 bits per heavy atom. The molecule has 1 atom stereocenters. The van der Waals surface area contributed by atoms with Gasteiger partial charge in [-0.15, -0.1) is 0 Å². The maximum absolute atomic E-state index is 11.6. The molecule has 0 bridgehead atoms. The van der Waals surface area contributed by atoms with Crippen LogP contribution in [0.4, 0.5) is 0 Å². The summed E-state index contributed by atoms with van der Waals surface area (Å²) < 4.78 is 5.41. The zero-order valence-corrected chi connectivity index (χ0v) is 10.4. The highest BCUT2D eigenvalue weighted by Crippen LogP contribution is 2.32. The van der Waals surface area contributed by atoms with E-state index in [2.05, 4.69) is 5.32 Å². The van der Waals surface area contributed by atoms with Crippen LogP contribution in [0, 0.1) is 5.92 Å². The zero-order valence-electron chi connectivity index (χ0n) is 10.4. The molecule has 1 amide bonds. The molecule has 5 nitrogen and oxygen atoms in total. The topological polar surface area (TPSA) is 75.6 Å². The van der Waals surface area contributed by atoms with Gasteiger partial charge in [0.2, 0.25) is 5.91 Å². The molecule has 0 radical (unpaired) electrons. The Hall–Kier alpha value is -1.10. The van der Waals surface area contributed by atoms with E-state index in [1.165, 1.54) is 0 Å². The Kier molecular flexibility index (Phi) is 5.41. The van der Waals surface area contributed by atoms with E-state index in [0.717, 1.165) is 19.4 Å². The van der Waals surface area contributed by atoms with Crippen LogP contribution < -0.4 is 5.32 Å². The van der Waals surface area contributed by atoms with Gasteiger partial charge in [-0.25, -0.2) is 0 Å². The average Bonchev–Trinajstić information content (AvgIpc) is 2.12. The van der Waals surface area contributed by atoms with Crippen molar-refractivity contribution in [1.82, 2.24) is 5.32 Å². The summed E-state index contributed by atoms with van der Waals surface area (Å²) in [6.07, 6.45) is 2.64. The molecule has 98 valence electrons. The second-order valence-corrected chi connectivity index (χ2v) is 4.69. The van der Waals surface area contributed by atoms with Crippen molar-refractivity contribution in [2.45, 2.75) is 51.7 Å². The van der Waals surface area contributed by atoms with Crippen LogP contribution in [0.25, 0.3) is 0 Å². The summed E-state index contributed by atoms with van der Waals surface area (Å²) in [5, 5.41) is 11.3. The van der Waals surface area contributed by atoms with Gasteiger partial charge in [-0.3, -0.25) is 9.59 Å². The lowest BCUT2D eigenvalue weighted by atomic mass is 9.80. The van der Waals surface area contributed by atoms with Gasteiger partial charge in [0.05, 0.1) is 12.5 Å². The third-order valence-electron chi connectivity index (χ3n) is 2.96. The minimum Gasteiger partial charge on any atom is -0.481 e. The molecule has 1 saturated carbocycles. The Morgan fingerprint density at radius 3 is 2.65 bits per heavy atom. The number of hydrogen-bond acceptors (Lipinski definition) is 3. The molecule has 0 aromatic carbocycles. The fraction of sp³-hybridized carbons (Fsp3) is 0.833. The Bertz CT molecular complexity index is 274. The molecular formula is C12H21NO4. The Morgan fingerprint density at radius 1 is 1.47 bits per heavy atom. The van der Waals surface area contributed by atoms with Crippen LogP contribution in [0.15, 0.2) is 0 Å². The Labute approximate surface area is 102 Å². The maximum Gasteiger partial charge on any atom is 0.305 e. The molecule has 1 fully saturated rings. The molecule has 1 unspecified atom stereocenters. The number of amides is 1. The minimum absolute atomic E-state index is 0.0298. The third kappa shape index (κ3) is 5.17. The van der Waals surface area contributed by atoms with Crippen LogP contribution >= 0.6 is 0 Å². The second kappa shape index (κ2) is 6.59. The van der Waals surface area contributed by atoms with Crippen LogP contribution in [0.5, 0.6) is 0 Å². The quantitative estimate of drug-likeness (QED) is 0.703. The summed E-state index contributed by atoms with van der Waals surface area (Å²) in [7, 11) is 0. The summed E-state index contributed by atoms with van der Waals surface area (Å²) in [6.45, 7) is 4.39. The van der Waals surface area contributed by atoms with E-state index in [-0.39, 0.29) is 18.4 Å². The number of carboxylic acids is 1. The number of aliphatic carboxylic acids is 1. The SMILES string of the molecule is CCOC1CC(CC(=O)NC(C)CC(=O)O)C1. The van der Waals surface area contributed by atoms with Crippen molar-refractivity contribution in [3.05, 3.63) is 0 Å². The van der Waals surface area contributed by atoms with E-state index < -0.39 is 5.97 Å². The first-order valence-electron chi connectivity index (χ1n) is 6.14. The van der Waals surface area contributed by atoms with Gasteiger partial charge < -0.3 is 15.2 Å². The van der Waals surface area contributed by atoms with Gasteiger partial charge in [-0.1, -0.05) is 0 Å². The molecule has 1 aliphatic rings. The minimum atomic E-state index is -0.891. The highest BCUT2D eigenvalue weighted by molar-refractivity contribution is 5.77. The molecule has 0 aromatic rings. The van der Waals surface area contributed by atoms with Crippen LogP contribution in [-0.4, -0.2) is 35.7 Å². The third-order valence-corrected chi connectivity index (χ3v) is 2.96. The first-order valence-corrected chi connectivity index (χ1v) is 6.14. The van der Waals surface area contributed by atoms with E-state index in [0.29, 0.717) is 18.4 Å². The van der Waals surface area contributed by atoms with Crippen molar-refractivity contribution in [3.63, 3.8) is 0 Å². The molecule has 1 aliphatic carbocycles. The molecule has 0 spiro atoms. The lowest BCUT2D eigenvalue weighted by molar-refractivity contribution is -0.137. The predicted molar refractivity (Wildman–Crippen MR) is 62.6 cm³/mol. The monoisotopic (exact) mass is 243 g/mol. The average molecular weight is 243 g/mol. The van der Waals surface area contributed by atoms with E-state index in [9.17, 15) is 9.59 Å². The molecule has 2 N–H and O–H groups in total. The standard InChI is InChI=1S/C12H21NO4/c1-3-17-10-5-9(6-10)7-11(14)13-8(2)4-12(15)16/h8-10H,3-7H2,1-2H3,(H,13,14)(H,15,16). The van der Waals surface area contributed by atoms with Gasteiger partial charge in [0, 0.05) is 19.1 Å². The second-order valence-electron chi connectivity index (χ2n) is 4.69. The smallest absolute Gasteiger partial charge is 0.305 e. The van der Waals surface area contributed by atoms with Crippen molar-refractivity contribution in [2.24, 2.45) is 5.92 Å². The van der Waals surface area contributed by atoms with Crippen LogP contribution in [0.2, 0.25) is 0 Å². The molecule has 1 rings (SSSR count). The van der Waals surface area contributed by atoms with Gasteiger partial charge in [0.25, 0.3) is 0 Å². The van der Waals surface area contributed by atoms with Crippen LogP contribution in [0.3, 0.4) is 0 Å². The fourth-order valence-electron chi connectivity index (χ4n) is 2.12. The normalized spacial score (nSPS) is 24.8. The number of carboxylic acid groups (broad SMARTS) is 1. The number of ether oxygens (including phenoxy) is 1. The van der Waals surface area contributed by atoms with Gasteiger partial charge >= 0.3 is 5.97 Å². The fourth-order valence-corrected chi connectivity index (χ4v) is 2.12. The van der Waals surface area contributed by atoms with Crippen molar-refractivity contribution in [3.8, 4) is 0 Å².